The fourth-order valence-electron chi connectivity index (χ4n) is 3.95. The molecule has 136 valence electrons. The molecule has 2 N–H and O–H groups in total. The maximum absolute atomic E-state index is 6.14. The van der Waals surface area contributed by atoms with E-state index in [4.69, 9.17) is 14.9 Å². The molecule has 2 fully saturated rings. The van der Waals surface area contributed by atoms with E-state index in [1.54, 1.807) is 17.9 Å². The molecule has 3 aromatic rings. The Labute approximate surface area is 150 Å². The largest absolute Gasteiger partial charge is 0.461 e. The summed E-state index contributed by atoms with van der Waals surface area (Å²) in [5.41, 5.74) is 6.81. The second-order valence-electron chi connectivity index (χ2n) is 6.84. The van der Waals surface area contributed by atoms with E-state index in [1.807, 2.05) is 18.2 Å². The van der Waals surface area contributed by atoms with Crippen LogP contribution in [0.25, 0.3) is 17.2 Å². The molecular weight excluding hydrogens is 334 g/mol. The molecule has 2 atom stereocenters. The van der Waals surface area contributed by atoms with Crippen molar-refractivity contribution in [1.82, 2.24) is 24.5 Å². The lowest BCUT2D eigenvalue weighted by atomic mass is 10.1. The van der Waals surface area contributed by atoms with Gasteiger partial charge in [0.05, 0.1) is 12.4 Å². The fourth-order valence-corrected chi connectivity index (χ4v) is 3.95. The third kappa shape index (κ3) is 2.51. The number of methoxy groups -OCH3 is 1. The van der Waals surface area contributed by atoms with Gasteiger partial charge in [0.1, 0.15) is 5.82 Å². The van der Waals surface area contributed by atoms with Gasteiger partial charge in [-0.05, 0) is 18.6 Å². The fraction of sp³-hybridized carbons (Fsp3) is 0.471. The van der Waals surface area contributed by atoms with Gasteiger partial charge in [-0.2, -0.15) is 9.50 Å². The van der Waals surface area contributed by atoms with Crippen molar-refractivity contribution in [2.24, 2.45) is 0 Å². The van der Waals surface area contributed by atoms with Gasteiger partial charge in [0.25, 0.3) is 0 Å². The van der Waals surface area contributed by atoms with Crippen molar-refractivity contribution in [3.8, 4) is 11.6 Å². The Morgan fingerprint density at radius 2 is 2.19 bits per heavy atom. The molecule has 0 aliphatic carbocycles. The van der Waals surface area contributed by atoms with E-state index < -0.39 is 0 Å². The number of hydrogen-bond donors (Lipinski definition) is 1. The monoisotopic (exact) mass is 355 g/mol. The number of furan rings is 1. The summed E-state index contributed by atoms with van der Waals surface area (Å²) in [6.07, 6.45) is 2.98. The van der Waals surface area contributed by atoms with Crippen LogP contribution in [0.3, 0.4) is 0 Å². The third-order valence-electron chi connectivity index (χ3n) is 5.31. The van der Waals surface area contributed by atoms with E-state index in [-0.39, 0.29) is 0 Å². The molecule has 5 heterocycles. The van der Waals surface area contributed by atoms with Crippen molar-refractivity contribution in [2.45, 2.75) is 18.6 Å². The van der Waals surface area contributed by atoms with Crippen LogP contribution in [0.4, 0.5) is 11.8 Å². The van der Waals surface area contributed by atoms with Crippen LogP contribution in [0.15, 0.2) is 28.9 Å². The zero-order chi connectivity index (χ0) is 17.7. The summed E-state index contributed by atoms with van der Waals surface area (Å²) in [5.74, 6) is 2.28. The molecule has 0 saturated carbocycles. The van der Waals surface area contributed by atoms with Gasteiger partial charge in [-0.3, -0.25) is 4.90 Å². The lowest BCUT2D eigenvalue weighted by Gasteiger charge is -2.37. The highest BCUT2D eigenvalue weighted by molar-refractivity contribution is 5.59. The maximum Gasteiger partial charge on any atom is 0.225 e. The number of fused-ring (bicyclic) bond motifs is 2. The van der Waals surface area contributed by atoms with Crippen molar-refractivity contribution in [3.63, 3.8) is 0 Å². The van der Waals surface area contributed by atoms with Gasteiger partial charge in [-0.15, -0.1) is 5.10 Å². The van der Waals surface area contributed by atoms with E-state index in [0.717, 1.165) is 38.4 Å². The normalized spacial score (nSPS) is 23.7. The zero-order valence-corrected chi connectivity index (χ0v) is 14.6. The molecule has 5 rings (SSSR count). The molecule has 9 heteroatoms. The van der Waals surface area contributed by atoms with Gasteiger partial charge in [0, 0.05) is 45.4 Å². The van der Waals surface area contributed by atoms with Crippen LogP contribution in [0.2, 0.25) is 0 Å². The number of ether oxygens (including phenoxy) is 1. The lowest BCUT2D eigenvalue weighted by Crippen LogP contribution is -2.50. The second kappa shape index (κ2) is 5.96. The van der Waals surface area contributed by atoms with E-state index in [2.05, 4.69) is 24.9 Å². The standard InChI is InChI=1S/C17H21N7O2/c1-25-12-7-11-9-23(5-4-22(11)10-12)14-8-15-19-16(13-3-2-6-26-13)21-24(15)17(18)20-14/h2-3,6,8,11-12H,4-5,7,9-10H2,1H3,(H2,18,20)/t11-,12-/m0/s1. The number of nitrogens with two attached hydrogens (primary N) is 1. The molecule has 2 aliphatic heterocycles. The molecule has 9 nitrogen and oxygen atoms in total. The van der Waals surface area contributed by atoms with Crippen molar-refractivity contribution in [3.05, 3.63) is 24.5 Å². The maximum atomic E-state index is 6.14. The number of nitrogen functional groups attached to an aromatic ring is 1. The van der Waals surface area contributed by atoms with Gasteiger partial charge < -0.3 is 19.8 Å². The van der Waals surface area contributed by atoms with E-state index in [0.29, 0.717) is 35.3 Å². The van der Waals surface area contributed by atoms with Crippen LogP contribution in [0.5, 0.6) is 0 Å². The number of piperazine rings is 1. The molecule has 0 spiro atoms. The highest BCUT2D eigenvalue weighted by Gasteiger charge is 2.36. The highest BCUT2D eigenvalue weighted by atomic mass is 16.5. The molecule has 0 amide bonds. The average Bonchev–Trinajstić information content (AvgIpc) is 3.38. The lowest BCUT2D eigenvalue weighted by molar-refractivity contribution is 0.108. The summed E-state index contributed by atoms with van der Waals surface area (Å²) in [6.45, 7) is 3.85. The molecule has 0 radical (unpaired) electrons. The SMILES string of the molecule is CO[C@H]1C[C@H]2CN(c3cc4nc(-c5ccco5)nn4c(N)n3)CCN2C1. The van der Waals surface area contributed by atoms with E-state index in [9.17, 15) is 0 Å². The minimum Gasteiger partial charge on any atom is -0.461 e. The van der Waals surface area contributed by atoms with Crippen LogP contribution in [-0.2, 0) is 4.74 Å². The van der Waals surface area contributed by atoms with Crippen LogP contribution in [-0.4, -0.2) is 69.9 Å². The van der Waals surface area contributed by atoms with Gasteiger partial charge in [0.15, 0.2) is 11.4 Å². The summed E-state index contributed by atoms with van der Waals surface area (Å²) in [5, 5.41) is 4.40. The Kier molecular flexibility index (Phi) is 3.57. The first-order valence-electron chi connectivity index (χ1n) is 8.80. The highest BCUT2D eigenvalue weighted by Crippen LogP contribution is 2.27. The summed E-state index contributed by atoms with van der Waals surface area (Å²) in [7, 11) is 1.79. The number of aromatic nitrogens is 4. The predicted molar refractivity (Wildman–Crippen MR) is 95.9 cm³/mol. The Morgan fingerprint density at radius 1 is 1.27 bits per heavy atom. The number of nitrogens with zero attached hydrogens (tertiary/aromatic N) is 6. The smallest absolute Gasteiger partial charge is 0.225 e. The van der Waals surface area contributed by atoms with Gasteiger partial charge >= 0.3 is 0 Å². The van der Waals surface area contributed by atoms with Gasteiger partial charge in [0.2, 0.25) is 11.8 Å². The van der Waals surface area contributed by atoms with Gasteiger partial charge in [-0.1, -0.05) is 0 Å². The van der Waals surface area contributed by atoms with Crippen LogP contribution in [0, 0.1) is 0 Å². The predicted octanol–water partition coefficient (Wildman–Crippen LogP) is 0.876. The van der Waals surface area contributed by atoms with E-state index >= 15 is 0 Å². The minimum absolute atomic E-state index is 0.325. The quantitative estimate of drug-likeness (QED) is 0.739. The Hall–Kier alpha value is -2.65. The Bertz CT molecular complexity index is 923. The molecule has 2 aliphatic rings. The Morgan fingerprint density at radius 3 is 3.00 bits per heavy atom. The van der Waals surface area contributed by atoms with Crippen LogP contribution >= 0.6 is 0 Å². The molecule has 3 aromatic heterocycles. The average molecular weight is 355 g/mol. The minimum atomic E-state index is 0.325. The van der Waals surface area contributed by atoms with Crippen molar-refractivity contribution >= 4 is 17.4 Å². The molecule has 0 bridgehead atoms. The van der Waals surface area contributed by atoms with E-state index in [1.165, 1.54) is 0 Å². The van der Waals surface area contributed by atoms with Crippen molar-refractivity contribution in [1.29, 1.82) is 0 Å². The summed E-state index contributed by atoms with van der Waals surface area (Å²) in [4.78, 5) is 13.9. The van der Waals surface area contributed by atoms with Gasteiger partial charge in [-0.25, -0.2) is 4.98 Å². The molecular formula is C17H21N7O2. The topological polar surface area (TPSA) is 97.9 Å². The Balaban J connectivity index is 1.44. The van der Waals surface area contributed by atoms with Crippen LogP contribution < -0.4 is 10.6 Å². The molecule has 2 saturated heterocycles. The van der Waals surface area contributed by atoms with Crippen molar-refractivity contribution in [2.75, 3.05) is 43.9 Å². The summed E-state index contributed by atoms with van der Waals surface area (Å²) in [6, 6.07) is 6.06. The first-order chi connectivity index (χ1) is 12.7. The molecule has 26 heavy (non-hydrogen) atoms. The van der Waals surface area contributed by atoms with Crippen molar-refractivity contribution < 1.29 is 9.15 Å². The third-order valence-corrected chi connectivity index (χ3v) is 5.31. The van der Waals surface area contributed by atoms with Crippen LogP contribution in [0.1, 0.15) is 6.42 Å². The first-order valence-corrected chi connectivity index (χ1v) is 8.80. The molecule has 0 aromatic carbocycles. The molecule has 0 unspecified atom stereocenters. The number of hydrogen-bond acceptors (Lipinski definition) is 8. The summed E-state index contributed by atoms with van der Waals surface area (Å²) >= 11 is 0. The summed E-state index contributed by atoms with van der Waals surface area (Å²) < 4.78 is 12.5. The number of rotatable bonds is 3. The zero-order valence-electron chi connectivity index (χ0n) is 14.6. The first kappa shape index (κ1) is 15.6. The number of anilines is 2. The second-order valence-corrected chi connectivity index (χ2v) is 6.84.